The molecular formula is C20H23NO6. The molecule has 2 aromatic rings. The first-order valence-electron chi connectivity index (χ1n) is 8.67. The molecule has 1 aromatic carbocycles. The van der Waals surface area contributed by atoms with Crippen LogP contribution in [0.15, 0.2) is 28.7 Å². The Hall–Kier alpha value is -2.96. The van der Waals surface area contributed by atoms with Gasteiger partial charge in [-0.3, -0.25) is 9.59 Å². The van der Waals surface area contributed by atoms with E-state index in [0.717, 1.165) is 5.56 Å². The second-order valence-electron chi connectivity index (χ2n) is 6.67. The molecule has 1 amide bonds. The van der Waals surface area contributed by atoms with Crippen LogP contribution in [-0.4, -0.2) is 49.2 Å². The minimum atomic E-state index is -0.944. The van der Waals surface area contributed by atoms with E-state index in [2.05, 4.69) is 0 Å². The number of carboxylic acids is 1. The molecule has 1 aliphatic heterocycles. The number of hydrogen-bond acceptors (Lipinski definition) is 5. The van der Waals surface area contributed by atoms with E-state index in [1.54, 1.807) is 36.9 Å². The number of carbonyl (C=O) groups excluding carboxylic acids is 1. The lowest BCUT2D eigenvalue weighted by Crippen LogP contribution is -2.30. The zero-order valence-corrected chi connectivity index (χ0v) is 15.8. The van der Waals surface area contributed by atoms with E-state index in [1.165, 1.54) is 14.2 Å². The summed E-state index contributed by atoms with van der Waals surface area (Å²) in [6.07, 6.45) is 0. The van der Waals surface area contributed by atoms with Crippen LogP contribution < -0.4 is 9.47 Å². The van der Waals surface area contributed by atoms with Crippen molar-refractivity contribution in [2.75, 3.05) is 27.3 Å². The maximum absolute atomic E-state index is 12.9. The van der Waals surface area contributed by atoms with Crippen molar-refractivity contribution in [1.29, 1.82) is 0 Å². The Labute approximate surface area is 157 Å². The Bertz CT molecular complexity index is 871. The van der Waals surface area contributed by atoms with Gasteiger partial charge in [0.05, 0.1) is 25.7 Å². The van der Waals surface area contributed by atoms with Gasteiger partial charge >= 0.3 is 5.97 Å². The van der Waals surface area contributed by atoms with Crippen molar-refractivity contribution in [2.24, 2.45) is 5.92 Å². The standard InChI is InChI=1S/C20H23NO6/c1-11-8-14(12(2)27-11)19(22)21-9-15(16(10-21)20(23)24)13-6-5-7-17(25-3)18(13)26-4/h5-8,15-16H,9-10H2,1-4H3,(H,23,24)/t15-,16+/m0/s1. The summed E-state index contributed by atoms with van der Waals surface area (Å²) in [6.45, 7) is 3.91. The van der Waals surface area contributed by atoms with Crippen molar-refractivity contribution in [3.05, 3.63) is 46.9 Å². The summed E-state index contributed by atoms with van der Waals surface area (Å²) in [7, 11) is 3.05. The predicted molar refractivity (Wildman–Crippen MR) is 97.5 cm³/mol. The fourth-order valence-corrected chi connectivity index (χ4v) is 3.75. The third-order valence-electron chi connectivity index (χ3n) is 5.03. The highest BCUT2D eigenvalue weighted by Crippen LogP contribution is 2.42. The molecule has 3 rings (SSSR count). The third-order valence-corrected chi connectivity index (χ3v) is 5.03. The molecule has 1 saturated heterocycles. The zero-order chi connectivity index (χ0) is 19.7. The predicted octanol–water partition coefficient (Wildman–Crippen LogP) is 2.85. The molecule has 2 heterocycles. The number of rotatable bonds is 5. The van der Waals surface area contributed by atoms with E-state index < -0.39 is 17.8 Å². The highest BCUT2D eigenvalue weighted by molar-refractivity contribution is 5.96. The van der Waals surface area contributed by atoms with Gasteiger partial charge in [0.25, 0.3) is 5.91 Å². The minimum Gasteiger partial charge on any atom is -0.493 e. The van der Waals surface area contributed by atoms with Crippen LogP contribution in [0.3, 0.4) is 0 Å². The van der Waals surface area contributed by atoms with Gasteiger partial charge in [-0.2, -0.15) is 0 Å². The molecule has 0 unspecified atom stereocenters. The number of amides is 1. The lowest BCUT2D eigenvalue weighted by Gasteiger charge is -2.20. The molecule has 1 aliphatic rings. The van der Waals surface area contributed by atoms with Gasteiger partial charge in [-0.1, -0.05) is 12.1 Å². The summed E-state index contributed by atoms with van der Waals surface area (Å²) in [6, 6.07) is 7.06. The lowest BCUT2D eigenvalue weighted by molar-refractivity contribution is -0.141. The molecule has 0 bridgehead atoms. The second kappa shape index (κ2) is 7.34. The van der Waals surface area contributed by atoms with Gasteiger partial charge in [-0.05, 0) is 26.0 Å². The Morgan fingerprint density at radius 3 is 2.48 bits per heavy atom. The van der Waals surface area contributed by atoms with Crippen molar-refractivity contribution in [1.82, 2.24) is 4.90 Å². The molecule has 0 spiro atoms. The normalized spacial score (nSPS) is 19.2. The Balaban J connectivity index is 1.96. The van der Waals surface area contributed by atoms with Crippen LogP contribution in [0.1, 0.15) is 33.4 Å². The Morgan fingerprint density at radius 1 is 1.19 bits per heavy atom. The Morgan fingerprint density at radius 2 is 1.93 bits per heavy atom. The van der Waals surface area contributed by atoms with Gasteiger partial charge in [0, 0.05) is 24.6 Å². The molecule has 1 N–H and O–H groups in total. The van der Waals surface area contributed by atoms with Crippen molar-refractivity contribution in [3.8, 4) is 11.5 Å². The van der Waals surface area contributed by atoms with Crippen LogP contribution in [0.2, 0.25) is 0 Å². The van der Waals surface area contributed by atoms with Gasteiger partial charge in [-0.25, -0.2) is 0 Å². The number of likely N-dealkylation sites (tertiary alicyclic amines) is 1. The molecule has 144 valence electrons. The topological polar surface area (TPSA) is 89.2 Å². The molecule has 27 heavy (non-hydrogen) atoms. The van der Waals surface area contributed by atoms with E-state index >= 15 is 0 Å². The van der Waals surface area contributed by atoms with Crippen LogP contribution >= 0.6 is 0 Å². The molecule has 7 heteroatoms. The second-order valence-corrected chi connectivity index (χ2v) is 6.67. The summed E-state index contributed by atoms with van der Waals surface area (Å²) in [4.78, 5) is 26.4. The summed E-state index contributed by atoms with van der Waals surface area (Å²) < 4.78 is 16.3. The van der Waals surface area contributed by atoms with Crippen LogP contribution in [0, 0.1) is 19.8 Å². The Kier molecular flexibility index (Phi) is 5.12. The third kappa shape index (κ3) is 3.37. The SMILES string of the molecule is COc1cccc([C@@H]2CN(C(=O)c3cc(C)oc3C)C[C@H]2C(=O)O)c1OC. The minimum absolute atomic E-state index is 0.128. The number of furan rings is 1. The lowest BCUT2D eigenvalue weighted by atomic mass is 9.88. The molecule has 1 fully saturated rings. The average molecular weight is 373 g/mol. The highest BCUT2D eigenvalue weighted by Gasteiger charge is 2.42. The van der Waals surface area contributed by atoms with Crippen LogP contribution in [0.4, 0.5) is 0 Å². The van der Waals surface area contributed by atoms with Crippen LogP contribution in [-0.2, 0) is 4.79 Å². The largest absolute Gasteiger partial charge is 0.493 e. The summed E-state index contributed by atoms with van der Waals surface area (Å²) in [5.74, 6) is -0.0815. The van der Waals surface area contributed by atoms with E-state index in [4.69, 9.17) is 13.9 Å². The summed E-state index contributed by atoms with van der Waals surface area (Å²) >= 11 is 0. The highest BCUT2D eigenvalue weighted by atomic mass is 16.5. The maximum atomic E-state index is 12.9. The number of hydrogen-bond donors (Lipinski definition) is 1. The quantitative estimate of drug-likeness (QED) is 0.867. The van der Waals surface area contributed by atoms with Crippen LogP contribution in [0.25, 0.3) is 0 Å². The number of aliphatic carboxylic acids is 1. The first-order chi connectivity index (χ1) is 12.9. The fourth-order valence-electron chi connectivity index (χ4n) is 3.75. The fraction of sp³-hybridized carbons (Fsp3) is 0.400. The monoisotopic (exact) mass is 373 g/mol. The van der Waals surface area contributed by atoms with E-state index in [1.807, 2.05) is 6.07 Å². The van der Waals surface area contributed by atoms with Gasteiger partial charge < -0.3 is 23.9 Å². The van der Waals surface area contributed by atoms with E-state index in [0.29, 0.717) is 28.6 Å². The molecule has 7 nitrogen and oxygen atoms in total. The smallest absolute Gasteiger partial charge is 0.308 e. The number of methoxy groups -OCH3 is 2. The summed E-state index contributed by atoms with van der Waals surface area (Å²) in [5.41, 5.74) is 1.19. The number of carboxylic acid groups (broad SMARTS) is 1. The summed E-state index contributed by atoms with van der Waals surface area (Å²) in [5, 5.41) is 9.74. The first-order valence-corrected chi connectivity index (χ1v) is 8.67. The number of aryl methyl sites for hydroxylation is 2. The van der Waals surface area contributed by atoms with Crippen molar-refractivity contribution in [2.45, 2.75) is 19.8 Å². The van der Waals surface area contributed by atoms with Crippen LogP contribution in [0.5, 0.6) is 11.5 Å². The maximum Gasteiger partial charge on any atom is 0.308 e. The van der Waals surface area contributed by atoms with E-state index in [9.17, 15) is 14.7 Å². The number of ether oxygens (including phenoxy) is 2. The van der Waals surface area contributed by atoms with Crippen molar-refractivity contribution < 1.29 is 28.6 Å². The van der Waals surface area contributed by atoms with Gasteiger partial charge in [-0.15, -0.1) is 0 Å². The van der Waals surface area contributed by atoms with Gasteiger partial charge in [0.1, 0.15) is 11.5 Å². The molecule has 1 aromatic heterocycles. The molecular weight excluding hydrogens is 350 g/mol. The molecule has 2 atom stereocenters. The average Bonchev–Trinajstić information content (AvgIpc) is 3.23. The number of carbonyl (C=O) groups is 2. The number of para-hydroxylation sites is 1. The first kappa shape index (κ1) is 18.8. The van der Waals surface area contributed by atoms with Crippen molar-refractivity contribution in [3.63, 3.8) is 0 Å². The molecule has 0 aliphatic carbocycles. The molecule has 0 radical (unpaired) electrons. The van der Waals surface area contributed by atoms with Gasteiger partial charge in [0.2, 0.25) is 0 Å². The number of nitrogens with zero attached hydrogens (tertiary/aromatic N) is 1. The van der Waals surface area contributed by atoms with Gasteiger partial charge in [0.15, 0.2) is 11.5 Å². The van der Waals surface area contributed by atoms with Crippen molar-refractivity contribution >= 4 is 11.9 Å². The molecule has 0 saturated carbocycles. The zero-order valence-electron chi connectivity index (χ0n) is 15.8. The number of benzene rings is 1. The van der Waals surface area contributed by atoms with E-state index in [-0.39, 0.29) is 19.0 Å².